The average molecular weight is 415 g/mol. The van der Waals surface area contributed by atoms with E-state index in [1.807, 2.05) is 39.8 Å². The molecule has 0 aliphatic rings. The summed E-state index contributed by atoms with van der Waals surface area (Å²) in [5, 5.41) is 9.31. The number of carbonyl (C=O) groups excluding carboxylic acids is 2. The van der Waals surface area contributed by atoms with Crippen LogP contribution in [0.25, 0.3) is 0 Å². The zero-order valence-corrected chi connectivity index (χ0v) is 20.3. The largest absolute Gasteiger partial charge is 1.00 e. The maximum atomic E-state index is 10.6. The Kier molecular flexibility index (Phi) is 16.9. The van der Waals surface area contributed by atoms with E-state index < -0.39 is 0 Å². The molecular formula is C22H31KO5. The third-order valence-electron chi connectivity index (χ3n) is 3.62. The van der Waals surface area contributed by atoms with Gasteiger partial charge in [-0.3, -0.25) is 9.59 Å². The van der Waals surface area contributed by atoms with Crippen molar-refractivity contribution < 1.29 is 76.3 Å². The van der Waals surface area contributed by atoms with Gasteiger partial charge in [0.15, 0.2) is 0 Å². The summed E-state index contributed by atoms with van der Waals surface area (Å²) in [5.74, 6) is 1.17. The van der Waals surface area contributed by atoms with Crippen molar-refractivity contribution in [2.24, 2.45) is 0 Å². The van der Waals surface area contributed by atoms with Gasteiger partial charge in [-0.25, -0.2) is 0 Å². The van der Waals surface area contributed by atoms with Crippen LogP contribution in [-0.4, -0.2) is 29.3 Å². The minimum Gasteiger partial charge on any atom is -0.870 e. The van der Waals surface area contributed by atoms with E-state index in [9.17, 15) is 14.7 Å². The van der Waals surface area contributed by atoms with Crippen molar-refractivity contribution in [1.29, 1.82) is 0 Å². The molecule has 0 amide bonds. The van der Waals surface area contributed by atoms with Crippen molar-refractivity contribution in [3.63, 3.8) is 0 Å². The van der Waals surface area contributed by atoms with Gasteiger partial charge in [0.25, 0.3) is 0 Å². The second-order valence-electron chi connectivity index (χ2n) is 6.39. The van der Waals surface area contributed by atoms with Crippen LogP contribution in [0.1, 0.15) is 64.2 Å². The predicted molar refractivity (Wildman–Crippen MR) is 109 cm³/mol. The van der Waals surface area contributed by atoms with Gasteiger partial charge in [0.2, 0.25) is 0 Å². The van der Waals surface area contributed by atoms with Crippen molar-refractivity contribution in [1.82, 2.24) is 0 Å². The van der Waals surface area contributed by atoms with Crippen molar-refractivity contribution in [3.05, 3.63) is 57.6 Å². The smallest absolute Gasteiger partial charge is 0.870 e. The molecule has 150 valence electrons. The van der Waals surface area contributed by atoms with Crippen LogP contribution in [0, 0.1) is 27.7 Å². The first-order chi connectivity index (χ1) is 11.7. The predicted octanol–water partition coefficient (Wildman–Crippen LogP) is 2.19. The Balaban J connectivity index is -0.000000412. The van der Waals surface area contributed by atoms with Gasteiger partial charge >= 0.3 is 51.4 Å². The molecule has 0 aromatic heterocycles. The third-order valence-corrected chi connectivity index (χ3v) is 3.62. The zero-order valence-electron chi connectivity index (χ0n) is 17.2. The Labute approximate surface area is 211 Å². The summed E-state index contributed by atoms with van der Waals surface area (Å²) in [6.45, 7) is 11.4. The van der Waals surface area contributed by atoms with E-state index in [4.69, 9.17) is 4.74 Å². The van der Waals surface area contributed by atoms with Gasteiger partial charge < -0.3 is 15.3 Å². The van der Waals surface area contributed by atoms with Crippen LogP contribution in [0.5, 0.6) is 11.5 Å². The average Bonchev–Trinajstić information content (AvgIpc) is 2.55. The van der Waals surface area contributed by atoms with Gasteiger partial charge in [-0.1, -0.05) is 7.43 Å². The van der Waals surface area contributed by atoms with E-state index in [1.165, 1.54) is 0 Å². The molecule has 6 heteroatoms. The van der Waals surface area contributed by atoms with E-state index in [1.54, 1.807) is 26.0 Å². The van der Waals surface area contributed by atoms with E-state index in [0.717, 1.165) is 40.6 Å². The van der Waals surface area contributed by atoms with Crippen LogP contribution in [0.15, 0.2) is 24.3 Å². The van der Waals surface area contributed by atoms with Gasteiger partial charge in [0.1, 0.15) is 24.1 Å². The van der Waals surface area contributed by atoms with Crippen LogP contribution >= 0.6 is 0 Å². The summed E-state index contributed by atoms with van der Waals surface area (Å²) in [4.78, 5) is 20.9. The van der Waals surface area contributed by atoms with Crippen molar-refractivity contribution >= 4 is 12.6 Å². The molecule has 0 radical (unpaired) electrons. The minimum atomic E-state index is 0. The topological polar surface area (TPSA) is 93.6 Å². The van der Waals surface area contributed by atoms with Crippen LogP contribution in [0.3, 0.4) is 0 Å². The molecule has 0 aliphatic carbocycles. The Morgan fingerprint density at radius 1 is 0.821 bits per heavy atom. The summed E-state index contributed by atoms with van der Waals surface area (Å²) >= 11 is 0. The van der Waals surface area contributed by atoms with Crippen molar-refractivity contribution in [3.8, 4) is 11.5 Å². The van der Waals surface area contributed by atoms with E-state index in [2.05, 4.69) is 0 Å². The monoisotopic (exact) mass is 414 g/mol. The molecule has 0 aliphatic heterocycles. The molecule has 2 aromatic carbocycles. The molecule has 28 heavy (non-hydrogen) atoms. The molecule has 0 saturated carbocycles. The molecule has 0 fully saturated rings. The van der Waals surface area contributed by atoms with E-state index >= 15 is 0 Å². The number of hydrogen-bond donors (Lipinski definition) is 1. The number of aldehydes is 2. The molecule has 0 heterocycles. The number of phenolic OH excluding ortho intramolecular Hbond substituents is 1. The van der Waals surface area contributed by atoms with Gasteiger partial charge in [0, 0.05) is 11.1 Å². The van der Waals surface area contributed by atoms with Gasteiger partial charge in [0.05, 0.1) is 6.10 Å². The van der Waals surface area contributed by atoms with Crippen LogP contribution in [0.4, 0.5) is 0 Å². The minimum absolute atomic E-state index is 0. The quantitative estimate of drug-likeness (QED) is 0.611. The van der Waals surface area contributed by atoms with E-state index in [-0.39, 0.29) is 76.1 Å². The summed E-state index contributed by atoms with van der Waals surface area (Å²) in [6.07, 6.45) is 1.80. The molecule has 2 N–H and O–H groups in total. The van der Waals surface area contributed by atoms with Gasteiger partial charge in [-0.2, -0.15) is 0 Å². The molecular weight excluding hydrogens is 383 g/mol. The second kappa shape index (κ2) is 14.9. The number of ether oxygens (including phenoxy) is 1. The molecule has 0 bridgehead atoms. The second-order valence-corrected chi connectivity index (χ2v) is 6.39. The molecule has 2 rings (SSSR count). The summed E-state index contributed by atoms with van der Waals surface area (Å²) in [5.41, 5.74) is 4.83. The molecule has 0 atom stereocenters. The Morgan fingerprint density at radius 2 is 1.14 bits per heavy atom. The summed E-state index contributed by atoms with van der Waals surface area (Å²) in [6, 6.07) is 7.01. The molecule has 5 nitrogen and oxygen atoms in total. The molecule has 2 aromatic rings. The fraction of sp³-hybridized carbons (Fsp3) is 0.364. The normalized spacial score (nSPS) is 8.96. The molecule has 0 saturated heterocycles. The Bertz CT molecular complexity index is 724. The maximum absolute atomic E-state index is 10.6. The van der Waals surface area contributed by atoms with Crippen LogP contribution in [-0.2, 0) is 0 Å². The number of phenols is 1. The number of carbonyl (C=O) groups is 2. The van der Waals surface area contributed by atoms with E-state index in [0.29, 0.717) is 11.1 Å². The fourth-order valence-electron chi connectivity index (χ4n) is 2.53. The first-order valence-corrected chi connectivity index (χ1v) is 8.18. The fourth-order valence-corrected chi connectivity index (χ4v) is 2.53. The number of aryl methyl sites for hydroxylation is 4. The van der Waals surface area contributed by atoms with Gasteiger partial charge in [-0.15, -0.1) is 0 Å². The van der Waals surface area contributed by atoms with Crippen molar-refractivity contribution in [2.75, 3.05) is 0 Å². The van der Waals surface area contributed by atoms with Crippen molar-refractivity contribution in [2.45, 2.75) is 55.1 Å². The third kappa shape index (κ3) is 9.45. The first kappa shape index (κ1) is 31.7. The number of benzene rings is 2. The summed E-state index contributed by atoms with van der Waals surface area (Å²) < 4.78 is 5.66. The summed E-state index contributed by atoms with van der Waals surface area (Å²) in [7, 11) is 0. The first-order valence-electron chi connectivity index (χ1n) is 8.18. The Hall–Kier alpha value is -1.02. The zero-order chi connectivity index (χ0) is 19.1. The number of rotatable bonds is 4. The maximum Gasteiger partial charge on any atom is 1.00 e. The van der Waals surface area contributed by atoms with Crippen LogP contribution in [0.2, 0.25) is 0 Å². The number of aromatic hydroxyl groups is 1. The molecule has 0 unspecified atom stereocenters. The van der Waals surface area contributed by atoms with Gasteiger partial charge in [-0.05, 0) is 88.1 Å². The number of hydrogen-bond acceptors (Lipinski definition) is 5. The molecule has 0 spiro atoms. The standard InChI is InChI=1S/C12H16O2.C9H10O2.CH4.K.H2O/c1-8(2)14-12-9(3)5-11(7-13)6-10(12)4;1-6-3-8(5-10)4-7(2)9(6)11;;;/h5-8H,1-4H3;3-5,11H,1-2H3;1H4;;1H2/q;;;+1;/p-1. The van der Waals surface area contributed by atoms with Crippen LogP contribution < -0.4 is 56.1 Å². The Morgan fingerprint density at radius 3 is 1.43 bits per heavy atom. The SMILES string of the molecule is C.Cc1cc(C=O)cc(C)c1O.Cc1cc(C=O)cc(C)c1OC(C)C.[K+].[OH-].